The maximum absolute atomic E-state index is 11.5. The molecule has 0 radical (unpaired) electrons. The Morgan fingerprint density at radius 2 is 1.38 bits per heavy atom. The molecule has 0 aromatic carbocycles. The average Bonchev–Trinajstić information content (AvgIpc) is 2.14. The van der Waals surface area contributed by atoms with Crippen LogP contribution in [0.1, 0.15) is 46.5 Å². The standard InChI is InChI=1S/C12H18O4/c1-4-5-10(15)6-7-11(16)12(8(2)13)9(3)14/h12H,4-7H2,1-3H3. The average molecular weight is 226 g/mol. The molecule has 0 N–H and O–H groups in total. The Hall–Kier alpha value is -1.32. The van der Waals surface area contributed by atoms with Crippen molar-refractivity contribution in [3.8, 4) is 0 Å². The quantitative estimate of drug-likeness (QED) is 0.588. The molecule has 0 aliphatic heterocycles. The molecule has 0 amide bonds. The first-order valence-corrected chi connectivity index (χ1v) is 5.45. The van der Waals surface area contributed by atoms with Crippen molar-refractivity contribution < 1.29 is 19.2 Å². The molecule has 0 saturated heterocycles. The van der Waals surface area contributed by atoms with E-state index in [1.807, 2.05) is 6.92 Å². The molecule has 0 spiro atoms. The molecule has 0 aromatic heterocycles. The van der Waals surface area contributed by atoms with Crippen LogP contribution in [0.4, 0.5) is 0 Å². The van der Waals surface area contributed by atoms with E-state index in [1.165, 1.54) is 13.8 Å². The minimum Gasteiger partial charge on any atom is -0.300 e. The molecule has 0 rings (SSSR count). The minimum absolute atomic E-state index is 0.00158. The summed E-state index contributed by atoms with van der Waals surface area (Å²) in [6, 6.07) is 0. The van der Waals surface area contributed by atoms with Crippen LogP contribution in [-0.4, -0.2) is 23.1 Å². The van der Waals surface area contributed by atoms with E-state index in [2.05, 4.69) is 0 Å². The Morgan fingerprint density at radius 1 is 0.875 bits per heavy atom. The number of carbonyl (C=O) groups is 4. The van der Waals surface area contributed by atoms with E-state index in [0.29, 0.717) is 6.42 Å². The maximum atomic E-state index is 11.5. The summed E-state index contributed by atoms with van der Waals surface area (Å²) in [5, 5.41) is 0. The van der Waals surface area contributed by atoms with E-state index in [-0.39, 0.29) is 18.6 Å². The zero-order chi connectivity index (χ0) is 12.7. The molecule has 4 nitrogen and oxygen atoms in total. The second kappa shape index (κ2) is 7.04. The molecule has 0 bridgehead atoms. The smallest absolute Gasteiger partial charge is 0.151 e. The summed E-state index contributed by atoms with van der Waals surface area (Å²) in [5.41, 5.74) is 0. The summed E-state index contributed by atoms with van der Waals surface area (Å²) >= 11 is 0. The molecule has 0 unspecified atom stereocenters. The first-order chi connectivity index (χ1) is 7.40. The molecule has 0 aliphatic rings. The van der Waals surface area contributed by atoms with Crippen molar-refractivity contribution in [3.05, 3.63) is 0 Å². The molecule has 0 heterocycles. The van der Waals surface area contributed by atoms with Crippen molar-refractivity contribution in [2.24, 2.45) is 5.92 Å². The zero-order valence-corrected chi connectivity index (χ0v) is 10.0. The molecule has 4 heteroatoms. The van der Waals surface area contributed by atoms with Gasteiger partial charge in [0.25, 0.3) is 0 Å². The normalized spacial score (nSPS) is 10.2. The molecule has 90 valence electrons. The minimum atomic E-state index is -1.17. The van der Waals surface area contributed by atoms with Crippen molar-refractivity contribution in [3.63, 3.8) is 0 Å². The van der Waals surface area contributed by atoms with Gasteiger partial charge in [0.1, 0.15) is 23.3 Å². The molecule has 0 atom stereocenters. The van der Waals surface area contributed by atoms with Crippen LogP contribution in [-0.2, 0) is 19.2 Å². The highest BCUT2D eigenvalue weighted by Crippen LogP contribution is 2.08. The molecule has 0 fully saturated rings. The lowest BCUT2D eigenvalue weighted by atomic mass is 9.92. The van der Waals surface area contributed by atoms with E-state index in [0.717, 1.165) is 6.42 Å². The number of Topliss-reactive ketones (excluding diaryl/α,β-unsaturated/α-hetero) is 4. The van der Waals surface area contributed by atoms with Gasteiger partial charge in [-0.25, -0.2) is 0 Å². The summed E-state index contributed by atoms with van der Waals surface area (Å²) in [5.74, 6) is -2.50. The maximum Gasteiger partial charge on any atom is 0.151 e. The number of rotatable bonds is 8. The lowest BCUT2D eigenvalue weighted by Crippen LogP contribution is -2.28. The largest absolute Gasteiger partial charge is 0.300 e. The Kier molecular flexibility index (Phi) is 6.46. The summed E-state index contributed by atoms with van der Waals surface area (Å²) < 4.78 is 0. The summed E-state index contributed by atoms with van der Waals surface area (Å²) in [6.07, 6.45) is 1.31. The van der Waals surface area contributed by atoms with Gasteiger partial charge in [0.05, 0.1) is 0 Å². The molecular weight excluding hydrogens is 208 g/mol. The van der Waals surface area contributed by atoms with Gasteiger partial charge in [-0.05, 0) is 20.3 Å². The number of hydrogen-bond acceptors (Lipinski definition) is 4. The van der Waals surface area contributed by atoms with Crippen LogP contribution >= 0.6 is 0 Å². The first-order valence-electron chi connectivity index (χ1n) is 5.45. The summed E-state index contributed by atoms with van der Waals surface area (Å²) in [4.78, 5) is 44.9. The molecule has 0 aromatic rings. The SMILES string of the molecule is CCCC(=O)CCC(=O)C(C(C)=O)C(C)=O. The molecule has 0 aliphatic carbocycles. The van der Waals surface area contributed by atoms with Crippen LogP contribution in [0, 0.1) is 5.92 Å². The van der Waals surface area contributed by atoms with Crippen LogP contribution in [0.5, 0.6) is 0 Å². The molecule has 0 saturated carbocycles. The van der Waals surface area contributed by atoms with Crippen LogP contribution in [0.2, 0.25) is 0 Å². The van der Waals surface area contributed by atoms with Crippen LogP contribution in [0.15, 0.2) is 0 Å². The predicted molar refractivity (Wildman–Crippen MR) is 59.0 cm³/mol. The fourth-order valence-corrected chi connectivity index (χ4v) is 1.55. The van der Waals surface area contributed by atoms with Gasteiger partial charge in [0.15, 0.2) is 5.78 Å². The van der Waals surface area contributed by atoms with E-state index < -0.39 is 23.3 Å². The van der Waals surface area contributed by atoms with Gasteiger partial charge in [0.2, 0.25) is 0 Å². The second-order valence-corrected chi connectivity index (χ2v) is 3.91. The Bertz CT molecular complexity index is 290. The number of hydrogen-bond donors (Lipinski definition) is 0. The van der Waals surface area contributed by atoms with Gasteiger partial charge < -0.3 is 0 Å². The highest BCUT2D eigenvalue weighted by Gasteiger charge is 2.27. The van der Waals surface area contributed by atoms with Gasteiger partial charge in [-0.3, -0.25) is 19.2 Å². The summed E-state index contributed by atoms with van der Waals surface area (Å²) in [7, 11) is 0. The lowest BCUT2D eigenvalue weighted by Gasteiger charge is -2.08. The third-order valence-corrected chi connectivity index (χ3v) is 2.31. The predicted octanol–water partition coefficient (Wildman–Crippen LogP) is 1.50. The van der Waals surface area contributed by atoms with Crippen LogP contribution in [0.25, 0.3) is 0 Å². The fraction of sp³-hybridized carbons (Fsp3) is 0.667. The third kappa shape index (κ3) is 4.96. The topological polar surface area (TPSA) is 68.3 Å². The van der Waals surface area contributed by atoms with E-state index >= 15 is 0 Å². The number of carbonyl (C=O) groups excluding carboxylic acids is 4. The van der Waals surface area contributed by atoms with Crippen molar-refractivity contribution >= 4 is 23.1 Å². The van der Waals surface area contributed by atoms with Crippen LogP contribution < -0.4 is 0 Å². The van der Waals surface area contributed by atoms with Crippen molar-refractivity contribution in [1.82, 2.24) is 0 Å². The van der Waals surface area contributed by atoms with Crippen LogP contribution in [0.3, 0.4) is 0 Å². The number of ketones is 4. The zero-order valence-electron chi connectivity index (χ0n) is 10.0. The Morgan fingerprint density at radius 3 is 1.75 bits per heavy atom. The summed E-state index contributed by atoms with van der Waals surface area (Å²) in [6.45, 7) is 4.32. The second-order valence-electron chi connectivity index (χ2n) is 3.91. The third-order valence-electron chi connectivity index (χ3n) is 2.31. The Labute approximate surface area is 95.4 Å². The van der Waals surface area contributed by atoms with Gasteiger partial charge in [-0.15, -0.1) is 0 Å². The van der Waals surface area contributed by atoms with Crippen molar-refractivity contribution in [2.45, 2.75) is 46.5 Å². The lowest BCUT2D eigenvalue weighted by molar-refractivity contribution is -0.139. The highest BCUT2D eigenvalue weighted by atomic mass is 16.2. The Balaban J connectivity index is 4.28. The van der Waals surface area contributed by atoms with Gasteiger partial charge in [-0.2, -0.15) is 0 Å². The van der Waals surface area contributed by atoms with Gasteiger partial charge >= 0.3 is 0 Å². The van der Waals surface area contributed by atoms with Gasteiger partial charge in [0, 0.05) is 19.3 Å². The molecule has 16 heavy (non-hydrogen) atoms. The van der Waals surface area contributed by atoms with Crippen molar-refractivity contribution in [1.29, 1.82) is 0 Å². The van der Waals surface area contributed by atoms with Crippen molar-refractivity contribution in [2.75, 3.05) is 0 Å². The molecular formula is C12H18O4. The van der Waals surface area contributed by atoms with Gasteiger partial charge in [-0.1, -0.05) is 6.92 Å². The first kappa shape index (κ1) is 14.7. The fourth-order valence-electron chi connectivity index (χ4n) is 1.55. The van der Waals surface area contributed by atoms with E-state index in [9.17, 15) is 19.2 Å². The van der Waals surface area contributed by atoms with E-state index in [1.54, 1.807) is 0 Å². The van der Waals surface area contributed by atoms with E-state index in [4.69, 9.17) is 0 Å². The highest BCUT2D eigenvalue weighted by molar-refractivity contribution is 6.18. The monoisotopic (exact) mass is 226 g/mol.